The van der Waals surface area contributed by atoms with Crippen molar-refractivity contribution in [1.29, 1.82) is 0 Å². The summed E-state index contributed by atoms with van der Waals surface area (Å²) in [6.45, 7) is 0. The van der Waals surface area contributed by atoms with Crippen LogP contribution in [0.25, 0.3) is 11.3 Å². The van der Waals surface area contributed by atoms with Gasteiger partial charge in [0.25, 0.3) is 5.91 Å². The topological polar surface area (TPSA) is 83.8 Å². The molecule has 7 heteroatoms. The highest BCUT2D eigenvalue weighted by Gasteiger charge is 2.40. The number of hydrogen-bond donors (Lipinski definition) is 3. The lowest BCUT2D eigenvalue weighted by molar-refractivity contribution is 0.0756. The number of nitrogens with two attached hydrogens (primary N) is 1. The molecule has 1 aromatic carbocycles. The molecule has 26 heavy (non-hydrogen) atoms. The minimum absolute atomic E-state index is 0. The number of carbonyl (C=O) groups excluding carboxylic acids is 1. The van der Waals surface area contributed by atoms with Crippen LogP contribution in [0.2, 0.25) is 0 Å². The molecule has 0 saturated heterocycles. The lowest BCUT2D eigenvalue weighted by Crippen LogP contribution is -2.53. The highest BCUT2D eigenvalue weighted by atomic mass is 35.5. The third-order valence-corrected chi connectivity index (χ3v) is 5.69. The number of aromatic amines is 1. The summed E-state index contributed by atoms with van der Waals surface area (Å²) in [4.78, 5) is 12.9. The van der Waals surface area contributed by atoms with Crippen molar-refractivity contribution in [2.45, 2.75) is 44.2 Å². The highest BCUT2D eigenvalue weighted by molar-refractivity contribution is 5.99. The van der Waals surface area contributed by atoms with Gasteiger partial charge < -0.3 is 11.1 Å². The minimum atomic E-state index is -0.305. The van der Waals surface area contributed by atoms with Crippen LogP contribution in [-0.4, -0.2) is 28.2 Å². The Kier molecular flexibility index (Phi) is 5.63. The van der Waals surface area contributed by atoms with Gasteiger partial charge in [0.15, 0.2) is 0 Å². The molecule has 2 saturated carbocycles. The standard InChI is InChI=1S/C19H23FN4O.ClH/c20-14-6-4-11(5-7-14)18-16(10-22-24-18)19(25)23-17-12-2-1-3-13(17)9-15(21)8-12;/h4-7,10,12-13,15,17H,1-3,8-9,21H2,(H,22,24)(H,23,25);1H. The predicted molar refractivity (Wildman–Crippen MR) is 101 cm³/mol. The maximum Gasteiger partial charge on any atom is 0.255 e. The fourth-order valence-electron chi connectivity index (χ4n) is 4.55. The second-order valence-electron chi connectivity index (χ2n) is 7.35. The average molecular weight is 379 g/mol. The van der Waals surface area contributed by atoms with Crippen LogP contribution in [0.3, 0.4) is 0 Å². The van der Waals surface area contributed by atoms with Crippen molar-refractivity contribution in [2.24, 2.45) is 17.6 Å². The highest BCUT2D eigenvalue weighted by Crippen LogP contribution is 2.39. The van der Waals surface area contributed by atoms with Crippen LogP contribution in [0.1, 0.15) is 42.5 Å². The first-order chi connectivity index (χ1) is 12.1. The fourth-order valence-corrected chi connectivity index (χ4v) is 4.55. The number of benzene rings is 1. The molecule has 2 atom stereocenters. The number of aromatic nitrogens is 2. The van der Waals surface area contributed by atoms with E-state index in [-0.39, 0.29) is 36.2 Å². The predicted octanol–water partition coefficient (Wildman–Crippen LogP) is 3.27. The molecular weight excluding hydrogens is 355 g/mol. The normalized spacial score (nSPS) is 27.5. The Morgan fingerprint density at radius 3 is 2.50 bits per heavy atom. The van der Waals surface area contributed by atoms with Crippen LogP contribution in [0, 0.1) is 17.7 Å². The first kappa shape index (κ1) is 18.9. The third-order valence-electron chi connectivity index (χ3n) is 5.69. The van der Waals surface area contributed by atoms with Gasteiger partial charge in [-0.3, -0.25) is 9.89 Å². The van der Waals surface area contributed by atoms with E-state index < -0.39 is 0 Å². The molecule has 2 unspecified atom stereocenters. The van der Waals surface area contributed by atoms with E-state index in [0.717, 1.165) is 31.2 Å². The molecule has 4 rings (SSSR count). The van der Waals surface area contributed by atoms with E-state index in [0.29, 0.717) is 23.1 Å². The Morgan fingerprint density at radius 2 is 1.85 bits per heavy atom. The van der Waals surface area contributed by atoms with Crippen LogP contribution >= 0.6 is 12.4 Å². The molecule has 1 amide bonds. The number of amides is 1. The molecule has 0 spiro atoms. The SMILES string of the molecule is Cl.NC1CC2CCCC(C1)C2NC(=O)c1cn[nH]c1-c1ccc(F)cc1. The van der Waals surface area contributed by atoms with E-state index in [1.54, 1.807) is 18.3 Å². The molecular formula is C19H24ClFN4O. The lowest BCUT2D eigenvalue weighted by Gasteiger charge is -2.45. The summed E-state index contributed by atoms with van der Waals surface area (Å²) in [6, 6.07) is 6.50. The van der Waals surface area contributed by atoms with E-state index in [2.05, 4.69) is 15.5 Å². The van der Waals surface area contributed by atoms with Crippen molar-refractivity contribution in [3.8, 4) is 11.3 Å². The first-order valence-corrected chi connectivity index (χ1v) is 8.97. The van der Waals surface area contributed by atoms with Gasteiger partial charge in [-0.15, -0.1) is 12.4 Å². The number of rotatable bonds is 3. The van der Waals surface area contributed by atoms with Crippen molar-refractivity contribution in [1.82, 2.24) is 15.5 Å². The Morgan fingerprint density at radius 1 is 1.19 bits per heavy atom. The van der Waals surface area contributed by atoms with Gasteiger partial charge in [0.2, 0.25) is 0 Å². The van der Waals surface area contributed by atoms with Gasteiger partial charge in [0.05, 0.1) is 17.5 Å². The number of hydrogen-bond acceptors (Lipinski definition) is 3. The zero-order valence-electron chi connectivity index (χ0n) is 14.5. The summed E-state index contributed by atoms with van der Waals surface area (Å²) >= 11 is 0. The molecule has 4 N–H and O–H groups in total. The van der Waals surface area contributed by atoms with E-state index in [4.69, 9.17) is 5.73 Å². The lowest BCUT2D eigenvalue weighted by atomic mass is 9.67. The van der Waals surface area contributed by atoms with Crippen LogP contribution in [0.5, 0.6) is 0 Å². The Labute approximate surface area is 158 Å². The number of carbonyl (C=O) groups is 1. The van der Waals surface area contributed by atoms with Gasteiger partial charge in [-0.2, -0.15) is 5.10 Å². The summed E-state index contributed by atoms with van der Waals surface area (Å²) < 4.78 is 13.1. The summed E-state index contributed by atoms with van der Waals surface area (Å²) in [5, 5.41) is 10.1. The molecule has 1 heterocycles. The van der Waals surface area contributed by atoms with Gasteiger partial charge in [0, 0.05) is 17.6 Å². The molecule has 2 aromatic rings. The van der Waals surface area contributed by atoms with Crippen molar-refractivity contribution < 1.29 is 9.18 Å². The molecule has 2 fully saturated rings. The van der Waals surface area contributed by atoms with Crippen LogP contribution in [0.15, 0.2) is 30.5 Å². The fraction of sp³-hybridized carbons (Fsp3) is 0.474. The Bertz CT molecular complexity index is 749. The molecule has 2 bridgehead atoms. The monoisotopic (exact) mass is 378 g/mol. The summed E-state index contributed by atoms with van der Waals surface area (Å²) in [7, 11) is 0. The molecule has 2 aliphatic carbocycles. The maximum atomic E-state index is 13.1. The molecule has 5 nitrogen and oxygen atoms in total. The van der Waals surface area contributed by atoms with Crippen molar-refractivity contribution in [2.75, 3.05) is 0 Å². The van der Waals surface area contributed by atoms with Gasteiger partial charge in [0.1, 0.15) is 5.82 Å². The average Bonchev–Trinajstić information content (AvgIpc) is 3.06. The third kappa shape index (κ3) is 3.62. The smallest absolute Gasteiger partial charge is 0.255 e. The zero-order chi connectivity index (χ0) is 17.4. The first-order valence-electron chi connectivity index (χ1n) is 8.97. The summed E-state index contributed by atoms with van der Waals surface area (Å²) in [6.07, 6.45) is 6.99. The number of halogens is 2. The molecule has 140 valence electrons. The number of nitrogens with zero attached hydrogens (tertiary/aromatic N) is 1. The number of H-pyrrole nitrogens is 1. The maximum absolute atomic E-state index is 13.1. The molecule has 2 aliphatic rings. The van der Waals surface area contributed by atoms with E-state index in [1.165, 1.54) is 18.6 Å². The van der Waals surface area contributed by atoms with Crippen molar-refractivity contribution >= 4 is 18.3 Å². The Balaban J connectivity index is 0.00000196. The number of nitrogens with one attached hydrogen (secondary N) is 2. The molecule has 0 aliphatic heterocycles. The Hall–Kier alpha value is -1.92. The van der Waals surface area contributed by atoms with Crippen molar-refractivity contribution in [3.63, 3.8) is 0 Å². The second-order valence-corrected chi connectivity index (χ2v) is 7.35. The van der Waals surface area contributed by atoms with Gasteiger partial charge in [-0.25, -0.2) is 4.39 Å². The molecule has 0 radical (unpaired) electrons. The molecule has 1 aromatic heterocycles. The van der Waals surface area contributed by atoms with Gasteiger partial charge in [-0.1, -0.05) is 6.42 Å². The van der Waals surface area contributed by atoms with Crippen molar-refractivity contribution in [3.05, 3.63) is 41.8 Å². The number of fused-ring (bicyclic) bond motifs is 2. The van der Waals surface area contributed by atoms with E-state index >= 15 is 0 Å². The zero-order valence-corrected chi connectivity index (χ0v) is 15.3. The van der Waals surface area contributed by atoms with E-state index in [9.17, 15) is 9.18 Å². The minimum Gasteiger partial charge on any atom is -0.349 e. The van der Waals surface area contributed by atoms with Crippen LogP contribution in [0.4, 0.5) is 4.39 Å². The van der Waals surface area contributed by atoms with Crippen LogP contribution < -0.4 is 11.1 Å². The van der Waals surface area contributed by atoms with Crippen LogP contribution in [-0.2, 0) is 0 Å². The van der Waals surface area contributed by atoms with Gasteiger partial charge >= 0.3 is 0 Å². The summed E-state index contributed by atoms with van der Waals surface area (Å²) in [5.41, 5.74) is 8.03. The largest absolute Gasteiger partial charge is 0.349 e. The quantitative estimate of drug-likeness (QED) is 0.766. The second kappa shape index (κ2) is 7.76. The van der Waals surface area contributed by atoms with E-state index in [1.807, 2.05) is 0 Å². The van der Waals surface area contributed by atoms with Gasteiger partial charge in [-0.05, 0) is 61.8 Å². The summed E-state index contributed by atoms with van der Waals surface area (Å²) in [5.74, 6) is 0.506.